The minimum Gasteiger partial charge on any atom is -0.490 e. The van der Waals surface area contributed by atoms with E-state index in [0.29, 0.717) is 31.3 Å². The zero-order chi connectivity index (χ0) is 21.7. The van der Waals surface area contributed by atoms with Crippen LogP contribution in [0.4, 0.5) is 5.69 Å². The normalized spacial score (nSPS) is 13.2. The van der Waals surface area contributed by atoms with Crippen LogP contribution in [-0.4, -0.2) is 27.5 Å². The van der Waals surface area contributed by atoms with E-state index in [1.807, 2.05) is 30.3 Å². The Morgan fingerprint density at radius 2 is 1.58 bits per heavy atom. The van der Waals surface area contributed by atoms with Crippen molar-refractivity contribution in [1.29, 1.82) is 0 Å². The van der Waals surface area contributed by atoms with Gasteiger partial charge in [-0.25, -0.2) is 8.42 Å². The van der Waals surface area contributed by atoms with Crippen molar-refractivity contribution in [3.63, 3.8) is 0 Å². The SMILES string of the molecule is O=C(NCc1ccccc1)c1ccccc1NS(=O)(=O)c1ccc2c(c1)OCCCO2. The highest BCUT2D eigenvalue weighted by Gasteiger charge is 2.21. The molecular formula is C23H22N2O5S. The van der Waals surface area contributed by atoms with Crippen molar-refractivity contribution in [3.8, 4) is 11.5 Å². The van der Waals surface area contributed by atoms with Crippen LogP contribution in [0.5, 0.6) is 11.5 Å². The molecule has 1 aliphatic heterocycles. The third-order valence-electron chi connectivity index (χ3n) is 4.74. The van der Waals surface area contributed by atoms with Crippen LogP contribution in [0, 0.1) is 0 Å². The van der Waals surface area contributed by atoms with Gasteiger partial charge in [0.05, 0.1) is 29.4 Å². The van der Waals surface area contributed by atoms with Gasteiger partial charge >= 0.3 is 0 Å². The Balaban J connectivity index is 1.54. The Hall–Kier alpha value is -3.52. The monoisotopic (exact) mass is 438 g/mol. The summed E-state index contributed by atoms with van der Waals surface area (Å²) in [5.74, 6) is 0.521. The maximum absolute atomic E-state index is 13.0. The molecule has 3 aromatic rings. The number of anilines is 1. The molecule has 0 aromatic heterocycles. The van der Waals surface area contributed by atoms with E-state index in [1.54, 1.807) is 30.3 Å². The smallest absolute Gasteiger partial charge is 0.262 e. The van der Waals surface area contributed by atoms with Gasteiger partial charge in [-0.3, -0.25) is 9.52 Å². The van der Waals surface area contributed by atoms with Crippen molar-refractivity contribution in [2.24, 2.45) is 0 Å². The summed E-state index contributed by atoms with van der Waals surface area (Å²) in [5, 5.41) is 2.82. The van der Waals surface area contributed by atoms with Crippen LogP contribution in [-0.2, 0) is 16.6 Å². The van der Waals surface area contributed by atoms with Crippen LogP contribution >= 0.6 is 0 Å². The van der Waals surface area contributed by atoms with Gasteiger partial charge in [0.1, 0.15) is 0 Å². The van der Waals surface area contributed by atoms with Crippen molar-refractivity contribution in [3.05, 3.63) is 83.9 Å². The first kappa shape index (κ1) is 20.7. The Kier molecular flexibility index (Phi) is 6.08. The summed E-state index contributed by atoms with van der Waals surface area (Å²) in [6, 6.07) is 20.4. The molecule has 31 heavy (non-hydrogen) atoms. The predicted molar refractivity (Wildman–Crippen MR) is 117 cm³/mol. The molecule has 0 fully saturated rings. The highest BCUT2D eigenvalue weighted by atomic mass is 32.2. The van der Waals surface area contributed by atoms with Crippen LogP contribution in [0.2, 0.25) is 0 Å². The van der Waals surface area contributed by atoms with Crippen molar-refractivity contribution in [2.75, 3.05) is 17.9 Å². The van der Waals surface area contributed by atoms with Gasteiger partial charge in [-0.2, -0.15) is 0 Å². The molecule has 0 bridgehead atoms. The maximum Gasteiger partial charge on any atom is 0.262 e. The maximum atomic E-state index is 13.0. The Morgan fingerprint density at radius 3 is 2.39 bits per heavy atom. The Labute approximate surface area is 181 Å². The first-order valence-electron chi connectivity index (χ1n) is 9.86. The van der Waals surface area contributed by atoms with Gasteiger partial charge in [-0.05, 0) is 29.8 Å². The number of hydrogen-bond donors (Lipinski definition) is 2. The van der Waals surface area contributed by atoms with Gasteiger partial charge in [0.15, 0.2) is 11.5 Å². The number of hydrogen-bond acceptors (Lipinski definition) is 5. The van der Waals surface area contributed by atoms with Gasteiger partial charge in [0, 0.05) is 19.0 Å². The molecule has 8 heteroatoms. The number of rotatable bonds is 6. The topological polar surface area (TPSA) is 93.7 Å². The average molecular weight is 439 g/mol. The zero-order valence-electron chi connectivity index (χ0n) is 16.7. The zero-order valence-corrected chi connectivity index (χ0v) is 17.5. The van der Waals surface area contributed by atoms with Crippen molar-refractivity contribution in [2.45, 2.75) is 17.9 Å². The summed E-state index contributed by atoms with van der Waals surface area (Å²) in [7, 11) is -3.95. The summed E-state index contributed by atoms with van der Waals surface area (Å²) in [6.45, 7) is 1.31. The lowest BCUT2D eigenvalue weighted by atomic mass is 10.1. The van der Waals surface area contributed by atoms with Crippen LogP contribution in [0.1, 0.15) is 22.3 Å². The molecule has 0 spiro atoms. The van der Waals surface area contributed by atoms with E-state index >= 15 is 0 Å². The summed E-state index contributed by atoms with van der Waals surface area (Å²) in [4.78, 5) is 12.7. The Bertz CT molecular complexity index is 1180. The molecule has 1 aliphatic rings. The lowest BCUT2D eigenvalue weighted by Gasteiger charge is -2.14. The van der Waals surface area contributed by atoms with E-state index in [0.717, 1.165) is 12.0 Å². The van der Waals surface area contributed by atoms with Gasteiger partial charge in [0.2, 0.25) is 0 Å². The second-order valence-electron chi connectivity index (χ2n) is 6.98. The molecule has 4 rings (SSSR count). The van der Waals surface area contributed by atoms with Crippen molar-refractivity contribution < 1.29 is 22.7 Å². The first-order chi connectivity index (χ1) is 15.0. The summed E-state index contributed by atoms with van der Waals surface area (Å²) in [5.41, 5.74) is 1.37. The second kappa shape index (κ2) is 9.09. The lowest BCUT2D eigenvalue weighted by Crippen LogP contribution is -2.25. The predicted octanol–water partition coefficient (Wildman–Crippen LogP) is 3.58. The number of ether oxygens (including phenoxy) is 2. The van der Waals surface area contributed by atoms with Gasteiger partial charge in [-0.1, -0.05) is 42.5 Å². The first-order valence-corrected chi connectivity index (χ1v) is 11.3. The Morgan fingerprint density at radius 1 is 0.871 bits per heavy atom. The van der Waals surface area contributed by atoms with E-state index < -0.39 is 10.0 Å². The van der Waals surface area contributed by atoms with E-state index in [2.05, 4.69) is 10.0 Å². The fraction of sp³-hybridized carbons (Fsp3) is 0.174. The van der Waals surface area contributed by atoms with E-state index in [4.69, 9.17) is 9.47 Å². The molecule has 0 unspecified atom stereocenters. The van der Waals surface area contributed by atoms with Crippen molar-refractivity contribution >= 4 is 21.6 Å². The fourth-order valence-electron chi connectivity index (χ4n) is 3.16. The van der Waals surface area contributed by atoms with Crippen LogP contribution in [0.25, 0.3) is 0 Å². The molecule has 0 radical (unpaired) electrons. The van der Waals surface area contributed by atoms with Gasteiger partial charge < -0.3 is 14.8 Å². The van der Waals surface area contributed by atoms with Crippen LogP contribution in [0.3, 0.4) is 0 Å². The van der Waals surface area contributed by atoms with Crippen molar-refractivity contribution in [1.82, 2.24) is 5.32 Å². The number of amides is 1. The number of sulfonamides is 1. The van der Waals surface area contributed by atoms with Crippen LogP contribution in [0.15, 0.2) is 77.7 Å². The number of benzene rings is 3. The molecule has 0 saturated carbocycles. The van der Waals surface area contributed by atoms with E-state index in [-0.39, 0.29) is 22.1 Å². The second-order valence-corrected chi connectivity index (χ2v) is 8.66. The number of fused-ring (bicyclic) bond motifs is 1. The minimum atomic E-state index is -3.95. The molecule has 1 amide bonds. The van der Waals surface area contributed by atoms with E-state index in [1.165, 1.54) is 12.1 Å². The molecule has 1 heterocycles. The lowest BCUT2D eigenvalue weighted by molar-refractivity contribution is 0.0952. The fourth-order valence-corrected chi connectivity index (χ4v) is 4.25. The highest BCUT2D eigenvalue weighted by molar-refractivity contribution is 7.92. The van der Waals surface area contributed by atoms with Crippen LogP contribution < -0.4 is 19.5 Å². The largest absolute Gasteiger partial charge is 0.490 e. The summed E-state index contributed by atoms with van der Waals surface area (Å²) in [6.07, 6.45) is 0.723. The summed E-state index contributed by atoms with van der Waals surface area (Å²) >= 11 is 0. The molecule has 2 N–H and O–H groups in total. The number of carbonyl (C=O) groups excluding carboxylic acids is 1. The minimum absolute atomic E-state index is 0.0243. The number of nitrogens with one attached hydrogen (secondary N) is 2. The molecule has 0 atom stereocenters. The highest BCUT2D eigenvalue weighted by Crippen LogP contribution is 2.32. The molecule has 0 saturated heterocycles. The number of carbonyl (C=O) groups is 1. The third kappa shape index (κ3) is 4.97. The van der Waals surface area contributed by atoms with Gasteiger partial charge in [0.25, 0.3) is 15.9 Å². The molecule has 160 valence electrons. The van der Waals surface area contributed by atoms with Gasteiger partial charge in [-0.15, -0.1) is 0 Å². The standard InChI is InChI=1S/C23H22N2O5S/c26-23(24-16-17-7-2-1-3-8-17)19-9-4-5-10-20(19)25-31(27,28)18-11-12-21-22(15-18)30-14-6-13-29-21/h1-5,7-12,15,25H,6,13-14,16H2,(H,24,26). The molecule has 0 aliphatic carbocycles. The molecule has 7 nitrogen and oxygen atoms in total. The molecular weight excluding hydrogens is 416 g/mol. The third-order valence-corrected chi connectivity index (χ3v) is 6.10. The molecule has 3 aromatic carbocycles. The van der Waals surface area contributed by atoms with E-state index in [9.17, 15) is 13.2 Å². The number of para-hydroxylation sites is 1. The summed E-state index contributed by atoms with van der Waals surface area (Å²) < 4.78 is 39.6. The quantitative estimate of drug-likeness (QED) is 0.614. The average Bonchev–Trinajstić information content (AvgIpc) is 3.03.